The number of likely N-dealkylation sites (N-methyl/N-ethyl adjacent to an activating group) is 2. The first-order valence-electron chi connectivity index (χ1n) is 17.2. The summed E-state index contributed by atoms with van der Waals surface area (Å²) in [5, 5.41) is 24.8. The highest BCUT2D eigenvalue weighted by Crippen LogP contribution is 2.25. The van der Waals surface area contributed by atoms with Gasteiger partial charge in [0.05, 0.1) is 18.3 Å². The minimum Gasteiger partial charge on any atom is -0.480 e. The quantitative estimate of drug-likeness (QED) is 0.0551. The van der Waals surface area contributed by atoms with Crippen LogP contribution in [0.15, 0.2) is 66.4 Å². The van der Waals surface area contributed by atoms with E-state index in [-0.39, 0.29) is 43.0 Å². The number of aryl methyl sites for hydroxylation is 1. The number of hydrazine groups is 1. The van der Waals surface area contributed by atoms with Gasteiger partial charge in [0.25, 0.3) is 0 Å². The standard InChI is InChI=1S/C28H43N7O7.C9H8S/c1-6-31-26(38)23-14-20(15-34(23)27(39)24(17(2)3)33-25(37)18(4)30-5)35(29)11-12-42-21-9-7-19(8-10-21)13-22(28(40)41)32-16-36;1-7-6-10-9-5-3-2-4-8(7)9/h7-12,16-18,20,22-24,30H,6,13-15,29H2,1-5H3,(H,31,38)(H,32,36)(H,33,37)(H,40,41);2-6H,1H3/b12-11+;. The van der Waals surface area contributed by atoms with E-state index in [0.717, 1.165) is 0 Å². The number of thiophene rings is 1. The fourth-order valence-electron chi connectivity index (χ4n) is 5.57. The molecule has 7 N–H and O–H groups in total. The Bertz CT molecular complexity index is 1680. The maximum Gasteiger partial charge on any atom is 0.326 e. The molecule has 5 unspecified atom stereocenters. The largest absolute Gasteiger partial charge is 0.480 e. The van der Waals surface area contributed by atoms with E-state index in [2.05, 4.69) is 57.8 Å². The molecule has 2 heterocycles. The van der Waals surface area contributed by atoms with Gasteiger partial charge in [-0.2, -0.15) is 0 Å². The van der Waals surface area contributed by atoms with Crippen LogP contribution in [-0.2, 0) is 30.4 Å². The van der Waals surface area contributed by atoms with Crippen molar-refractivity contribution in [3.05, 3.63) is 77.5 Å². The van der Waals surface area contributed by atoms with E-state index in [1.807, 2.05) is 25.2 Å². The number of amides is 4. The number of carbonyl (C=O) groups excluding carboxylic acids is 4. The highest BCUT2D eigenvalue weighted by molar-refractivity contribution is 7.17. The molecule has 4 rings (SSSR count). The first kappa shape index (κ1) is 41.4. The van der Waals surface area contributed by atoms with E-state index < -0.39 is 36.2 Å². The van der Waals surface area contributed by atoms with E-state index in [1.54, 1.807) is 45.2 Å². The first-order valence-corrected chi connectivity index (χ1v) is 18.1. The summed E-state index contributed by atoms with van der Waals surface area (Å²) in [6, 6.07) is 11.6. The Labute approximate surface area is 308 Å². The summed E-state index contributed by atoms with van der Waals surface area (Å²) in [7, 11) is 1.65. The predicted octanol–water partition coefficient (Wildman–Crippen LogP) is 2.52. The number of carbonyl (C=O) groups is 5. The summed E-state index contributed by atoms with van der Waals surface area (Å²) >= 11 is 1.81. The summed E-state index contributed by atoms with van der Waals surface area (Å²) in [6.07, 6.45) is 3.60. The Balaban J connectivity index is 0.000000616. The van der Waals surface area contributed by atoms with E-state index in [1.165, 1.54) is 38.0 Å². The molecule has 1 aliphatic rings. The average molecular weight is 738 g/mol. The molecule has 1 fully saturated rings. The molecule has 3 aromatic rings. The molecule has 0 saturated carbocycles. The van der Waals surface area contributed by atoms with Crippen molar-refractivity contribution >= 4 is 51.5 Å². The lowest BCUT2D eigenvalue weighted by Gasteiger charge is -2.31. The molecule has 1 saturated heterocycles. The predicted molar refractivity (Wildman–Crippen MR) is 201 cm³/mol. The fraction of sp³-hybridized carbons (Fsp3) is 0.432. The van der Waals surface area contributed by atoms with Gasteiger partial charge in [-0.3, -0.25) is 19.2 Å². The van der Waals surface area contributed by atoms with E-state index in [0.29, 0.717) is 24.3 Å². The molecule has 15 heteroatoms. The molecule has 2 aromatic carbocycles. The summed E-state index contributed by atoms with van der Waals surface area (Å²) < 4.78 is 7.01. The fourth-order valence-corrected chi connectivity index (χ4v) is 6.51. The highest BCUT2D eigenvalue weighted by Gasteiger charge is 2.43. The number of rotatable bonds is 16. The van der Waals surface area contributed by atoms with Crippen molar-refractivity contribution in [1.29, 1.82) is 0 Å². The van der Waals surface area contributed by atoms with Crippen molar-refractivity contribution in [2.75, 3.05) is 20.1 Å². The molecule has 0 aliphatic carbocycles. The Kier molecular flexibility index (Phi) is 16.1. The van der Waals surface area contributed by atoms with Gasteiger partial charge in [-0.25, -0.2) is 10.6 Å². The van der Waals surface area contributed by atoms with Gasteiger partial charge in [-0.15, -0.1) is 11.3 Å². The second-order valence-corrected chi connectivity index (χ2v) is 13.7. The number of nitrogens with one attached hydrogen (secondary N) is 4. The van der Waals surface area contributed by atoms with Crippen LogP contribution in [0.3, 0.4) is 0 Å². The number of hydrogen-bond donors (Lipinski definition) is 6. The summed E-state index contributed by atoms with van der Waals surface area (Å²) in [6.45, 7) is 9.86. The smallest absolute Gasteiger partial charge is 0.326 e. The van der Waals surface area contributed by atoms with Crippen molar-refractivity contribution in [3.63, 3.8) is 0 Å². The lowest BCUT2D eigenvalue weighted by Crippen LogP contribution is -2.57. The first-order chi connectivity index (χ1) is 24.8. The number of carboxylic acids is 1. The van der Waals surface area contributed by atoms with Crippen LogP contribution in [0.1, 0.15) is 45.2 Å². The third kappa shape index (κ3) is 11.5. The van der Waals surface area contributed by atoms with Gasteiger partial charge in [-0.1, -0.05) is 44.2 Å². The molecule has 0 spiro atoms. The Morgan fingerprint density at radius 1 is 1.12 bits per heavy atom. The second kappa shape index (κ2) is 20.2. The zero-order chi connectivity index (χ0) is 38.4. The van der Waals surface area contributed by atoms with Crippen molar-refractivity contribution < 1.29 is 33.8 Å². The van der Waals surface area contributed by atoms with Crippen LogP contribution < -0.4 is 31.8 Å². The topological polar surface area (TPSA) is 195 Å². The maximum atomic E-state index is 13.6. The summed E-state index contributed by atoms with van der Waals surface area (Å²) in [5.41, 5.74) is 2.08. The monoisotopic (exact) mass is 737 g/mol. The number of benzene rings is 2. The van der Waals surface area contributed by atoms with Crippen LogP contribution in [0.4, 0.5) is 0 Å². The van der Waals surface area contributed by atoms with Crippen LogP contribution >= 0.6 is 11.3 Å². The number of fused-ring (bicyclic) bond motifs is 1. The van der Waals surface area contributed by atoms with Crippen LogP contribution in [-0.4, -0.2) is 95.5 Å². The number of aliphatic carboxylic acids is 1. The SMILES string of the molecule is CCNC(=O)C1CC(N(N)/C=C/Oc2ccc(CC(NC=O)C(=O)O)cc2)CN1C(=O)C(NC(=O)C(C)NC)C(C)C.Cc1csc2ccccc12. The molecular weight excluding hydrogens is 687 g/mol. The molecule has 0 bridgehead atoms. The van der Waals surface area contributed by atoms with Crippen LogP contribution in [0.25, 0.3) is 10.1 Å². The zero-order valence-corrected chi connectivity index (χ0v) is 31.3. The molecule has 282 valence electrons. The Hall–Kier alpha value is -4.99. The zero-order valence-electron chi connectivity index (χ0n) is 30.5. The van der Waals surface area contributed by atoms with Crippen molar-refractivity contribution in [2.45, 2.75) is 77.7 Å². The van der Waals surface area contributed by atoms with Gasteiger partial charge in [0.15, 0.2) is 0 Å². The van der Waals surface area contributed by atoms with Gasteiger partial charge in [0.2, 0.25) is 24.1 Å². The minimum atomic E-state index is -1.14. The van der Waals surface area contributed by atoms with Gasteiger partial charge in [-0.05, 0) is 73.8 Å². The third-order valence-corrected chi connectivity index (χ3v) is 9.82. The Morgan fingerprint density at radius 3 is 2.40 bits per heavy atom. The normalized spacial score (nSPS) is 17.1. The van der Waals surface area contributed by atoms with Crippen molar-refractivity contribution in [3.8, 4) is 5.75 Å². The number of likely N-dealkylation sites (tertiary alicyclic amines) is 1. The molecule has 4 amide bonds. The van der Waals surface area contributed by atoms with Crippen LogP contribution in [0.5, 0.6) is 5.75 Å². The summed E-state index contributed by atoms with van der Waals surface area (Å²) in [4.78, 5) is 62.4. The number of nitrogens with zero attached hydrogens (tertiary/aromatic N) is 2. The van der Waals surface area contributed by atoms with E-state index in [4.69, 9.17) is 10.6 Å². The van der Waals surface area contributed by atoms with Crippen molar-refractivity contribution in [1.82, 2.24) is 31.2 Å². The molecule has 52 heavy (non-hydrogen) atoms. The summed E-state index contributed by atoms with van der Waals surface area (Å²) in [5.74, 6) is 4.42. The molecule has 5 atom stereocenters. The minimum absolute atomic E-state index is 0.111. The van der Waals surface area contributed by atoms with E-state index in [9.17, 15) is 29.1 Å². The highest BCUT2D eigenvalue weighted by atomic mass is 32.1. The van der Waals surface area contributed by atoms with E-state index >= 15 is 0 Å². The third-order valence-electron chi connectivity index (χ3n) is 8.74. The molecule has 1 aromatic heterocycles. The number of hydrogen-bond acceptors (Lipinski definition) is 10. The molecular formula is C37H51N7O7S. The second-order valence-electron chi connectivity index (χ2n) is 12.8. The number of nitrogens with two attached hydrogens (primary N) is 1. The van der Waals surface area contributed by atoms with Gasteiger partial charge < -0.3 is 41.0 Å². The van der Waals surface area contributed by atoms with Gasteiger partial charge in [0, 0.05) is 30.6 Å². The van der Waals surface area contributed by atoms with Gasteiger partial charge >= 0.3 is 5.97 Å². The van der Waals surface area contributed by atoms with Crippen LogP contribution in [0.2, 0.25) is 0 Å². The van der Waals surface area contributed by atoms with Crippen molar-refractivity contribution in [2.24, 2.45) is 11.8 Å². The molecule has 1 aliphatic heterocycles. The number of ether oxygens (including phenoxy) is 1. The van der Waals surface area contributed by atoms with Gasteiger partial charge in [0.1, 0.15) is 30.1 Å². The molecule has 14 nitrogen and oxygen atoms in total. The lowest BCUT2D eigenvalue weighted by atomic mass is 10.0. The van der Waals surface area contributed by atoms with Crippen LogP contribution in [0, 0.1) is 12.8 Å². The maximum absolute atomic E-state index is 13.6. The Morgan fingerprint density at radius 2 is 1.81 bits per heavy atom. The number of carboxylic acid groups (broad SMARTS) is 1. The molecule has 0 radical (unpaired) electrons. The average Bonchev–Trinajstić information content (AvgIpc) is 3.75. The lowest BCUT2D eigenvalue weighted by molar-refractivity contribution is -0.142.